The van der Waals surface area contributed by atoms with Crippen LogP contribution in [0, 0.1) is 6.92 Å². The Balaban J connectivity index is 1.32. The third kappa shape index (κ3) is 6.38. The largest absolute Gasteiger partial charge is 0.489 e. The summed E-state index contributed by atoms with van der Waals surface area (Å²) in [6, 6.07) is 9.43. The van der Waals surface area contributed by atoms with Gasteiger partial charge in [0.25, 0.3) is 0 Å². The van der Waals surface area contributed by atoms with Gasteiger partial charge in [-0.15, -0.1) is 10.2 Å². The number of nitrogens with one attached hydrogen (secondary N) is 3. The van der Waals surface area contributed by atoms with Gasteiger partial charge in [-0.2, -0.15) is 4.98 Å². The summed E-state index contributed by atoms with van der Waals surface area (Å²) in [7, 11) is 0.0250. The van der Waals surface area contributed by atoms with Gasteiger partial charge in [0, 0.05) is 32.4 Å². The highest BCUT2D eigenvalue weighted by Gasteiger charge is 2.26. The van der Waals surface area contributed by atoms with Crippen LogP contribution >= 0.6 is 0 Å². The van der Waals surface area contributed by atoms with Crippen molar-refractivity contribution in [2.75, 3.05) is 39.0 Å². The molecule has 0 spiro atoms. The van der Waals surface area contributed by atoms with E-state index < -0.39 is 15.1 Å². The van der Waals surface area contributed by atoms with Crippen molar-refractivity contribution in [3.8, 4) is 5.75 Å². The Bertz CT molecular complexity index is 2060. The molecule has 13 heteroatoms. The first-order valence-corrected chi connectivity index (χ1v) is 17.8. The van der Waals surface area contributed by atoms with Crippen molar-refractivity contribution < 1.29 is 17.9 Å². The highest BCUT2D eigenvalue weighted by atomic mass is 32.2. The van der Waals surface area contributed by atoms with Crippen LogP contribution in [0.4, 0.5) is 11.6 Å². The van der Waals surface area contributed by atoms with Crippen LogP contribution in [0.25, 0.3) is 33.1 Å². The number of hydrogen-bond donors (Lipinski definition) is 3. The maximum atomic E-state index is 13.3. The van der Waals surface area contributed by atoms with E-state index in [2.05, 4.69) is 49.4 Å². The molecule has 250 valence electrons. The third-order valence-corrected chi connectivity index (χ3v) is 11.2. The van der Waals surface area contributed by atoms with Crippen molar-refractivity contribution in [3.05, 3.63) is 41.5 Å². The molecule has 0 atom stereocenters. The summed E-state index contributed by atoms with van der Waals surface area (Å²) < 4.78 is 32.8. The minimum absolute atomic E-state index is 0.0502. The van der Waals surface area contributed by atoms with Gasteiger partial charge < -0.3 is 29.8 Å². The number of para-hydroxylation sites is 1. The minimum atomic E-state index is -3.58. The fourth-order valence-corrected chi connectivity index (χ4v) is 7.62. The average Bonchev–Trinajstić information content (AvgIpc) is 3.46. The van der Waals surface area contributed by atoms with E-state index in [0.717, 1.165) is 49.5 Å². The van der Waals surface area contributed by atoms with Gasteiger partial charge in [-0.3, -0.25) is 4.79 Å². The molecule has 2 aromatic carbocycles. The number of H-pyrrole nitrogens is 2. The zero-order valence-corrected chi connectivity index (χ0v) is 29.0. The van der Waals surface area contributed by atoms with Gasteiger partial charge in [-0.1, -0.05) is 12.1 Å². The van der Waals surface area contributed by atoms with Crippen LogP contribution in [-0.2, 0) is 14.6 Å². The number of aromatic amines is 2. The first-order valence-electron chi connectivity index (χ1n) is 16.2. The first kappa shape index (κ1) is 32.7. The van der Waals surface area contributed by atoms with Crippen molar-refractivity contribution in [1.29, 1.82) is 0 Å². The lowest BCUT2D eigenvalue weighted by atomic mass is 9.86. The van der Waals surface area contributed by atoms with Gasteiger partial charge in [0.2, 0.25) is 11.9 Å². The summed E-state index contributed by atoms with van der Waals surface area (Å²) in [4.78, 5) is 27.7. The number of fused-ring (bicyclic) bond motifs is 2. The smallest absolute Gasteiger partial charge is 0.223 e. The second-order valence-corrected chi connectivity index (χ2v) is 15.7. The van der Waals surface area contributed by atoms with Gasteiger partial charge in [0.1, 0.15) is 16.9 Å². The molecule has 0 aliphatic carbocycles. The summed E-state index contributed by atoms with van der Waals surface area (Å²) >= 11 is 0. The number of nitrogens with zero attached hydrogens (tertiary/aromatic N) is 5. The number of anilines is 2. The van der Waals surface area contributed by atoms with E-state index in [-0.39, 0.29) is 16.9 Å². The lowest BCUT2D eigenvalue weighted by Gasteiger charge is -2.33. The van der Waals surface area contributed by atoms with Crippen LogP contribution in [-0.4, -0.2) is 94.4 Å². The molecule has 0 saturated carbocycles. The maximum absolute atomic E-state index is 13.3. The molecule has 0 unspecified atom stereocenters. The molecular weight excluding hydrogens is 616 g/mol. The molecule has 47 heavy (non-hydrogen) atoms. The van der Waals surface area contributed by atoms with E-state index in [0.29, 0.717) is 51.4 Å². The number of pyridine rings is 1. The molecule has 1 aliphatic heterocycles. The number of carbonyl (C=O) groups excluding carboxylic acids is 1. The summed E-state index contributed by atoms with van der Waals surface area (Å²) in [5.74, 6) is 1.69. The molecule has 6 rings (SSSR count). The topological polar surface area (TPSA) is 149 Å². The van der Waals surface area contributed by atoms with Crippen LogP contribution in [0.3, 0.4) is 0 Å². The number of carbonyl (C=O) groups is 1. The number of likely N-dealkylation sites (tertiary alicyclic amines) is 1. The molecule has 3 N–H and O–H groups in total. The number of benzene rings is 2. The van der Waals surface area contributed by atoms with E-state index in [4.69, 9.17) is 9.72 Å². The van der Waals surface area contributed by atoms with Gasteiger partial charge in [-0.25, -0.2) is 8.42 Å². The number of amides is 1. The first-order chi connectivity index (χ1) is 22.3. The van der Waals surface area contributed by atoms with E-state index >= 15 is 0 Å². The molecule has 0 bridgehead atoms. The molecule has 3 aromatic heterocycles. The molecule has 1 fully saturated rings. The SMILES string of the molecule is Cc1cc(Nc2nc3[nH]c4c(S(=O)(=O)C(C)C)cccc4c4nnc([nH]2)c34)c(OC(C)C)cc1C1CCN(CCC(=O)N(C)C)CC1. The Hall–Kier alpha value is -4.23. The zero-order valence-electron chi connectivity index (χ0n) is 28.1. The van der Waals surface area contributed by atoms with Crippen molar-refractivity contribution in [3.63, 3.8) is 0 Å². The van der Waals surface area contributed by atoms with Gasteiger partial charge in [0.15, 0.2) is 15.5 Å². The Morgan fingerprint density at radius 2 is 1.83 bits per heavy atom. The summed E-state index contributed by atoms with van der Waals surface area (Å²) in [5.41, 5.74) is 5.22. The fraction of sp³-hybridized carbons (Fsp3) is 0.471. The lowest BCUT2D eigenvalue weighted by Crippen LogP contribution is -2.36. The number of aromatic nitrogens is 5. The van der Waals surface area contributed by atoms with Gasteiger partial charge in [0.05, 0.1) is 32.8 Å². The van der Waals surface area contributed by atoms with E-state index in [1.54, 1.807) is 45.0 Å². The molecule has 1 saturated heterocycles. The van der Waals surface area contributed by atoms with E-state index in [1.165, 1.54) is 5.56 Å². The van der Waals surface area contributed by atoms with Gasteiger partial charge >= 0.3 is 0 Å². The van der Waals surface area contributed by atoms with Gasteiger partial charge in [-0.05, 0) is 95.8 Å². The normalized spacial score (nSPS) is 15.0. The summed E-state index contributed by atoms with van der Waals surface area (Å²) in [5, 5.41) is 13.0. The monoisotopic (exact) mass is 660 g/mol. The Morgan fingerprint density at radius 3 is 2.51 bits per heavy atom. The van der Waals surface area contributed by atoms with Crippen LogP contribution in [0.15, 0.2) is 35.2 Å². The predicted molar refractivity (Wildman–Crippen MR) is 185 cm³/mol. The van der Waals surface area contributed by atoms with Crippen LogP contribution in [0.2, 0.25) is 0 Å². The predicted octanol–water partition coefficient (Wildman–Crippen LogP) is 5.67. The minimum Gasteiger partial charge on any atom is -0.489 e. The molecule has 4 heterocycles. The number of hydrogen-bond acceptors (Lipinski definition) is 9. The third-order valence-electron chi connectivity index (χ3n) is 9.02. The molecule has 12 nitrogen and oxygen atoms in total. The molecule has 5 aromatic rings. The second kappa shape index (κ2) is 12.8. The van der Waals surface area contributed by atoms with Crippen molar-refractivity contribution in [2.24, 2.45) is 0 Å². The Kier molecular flexibility index (Phi) is 8.88. The fourth-order valence-electron chi connectivity index (χ4n) is 6.40. The number of aryl methyl sites for hydroxylation is 1. The maximum Gasteiger partial charge on any atom is 0.223 e. The zero-order chi connectivity index (χ0) is 33.6. The summed E-state index contributed by atoms with van der Waals surface area (Å²) in [6.07, 6.45) is 2.52. The van der Waals surface area contributed by atoms with Crippen molar-refractivity contribution in [2.45, 2.75) is 76.0 Å². The average molecular weight is 661 g/mol. The van der Waals surface area contributed by atoms with Crippen LogP contribution in [0.5, 0.6) is 5.75 Å². The number of piperidine rings is 1. The lowest BCUT2D eigenvalue weighted by molar-refractivity contribution is -0.129. The molecule has 0 radical (unpaired) electrons. The van der Waals surface area contributed by atoms with Crippen molar-refractivity contribution >= 4 is 60.5 Å². The van der Waals surface area contributed by atoms with E-state index in [9.17, 15) is 13.2 Å². The van der Waals surface area contributed by atoms with Crippen LogP contribution < -0.4 is 10.1 Å². The molecular formula is C34H44N8O4S. The summed E-state index contributed by atoms with van der Waals surface area (Å²) in [6.45, 7) is 12.2. The Labute approximate surface area is 275 Å². The standard InChI is InChI=1S/C34H44N8O4S/c1-19(2)46-26-18-24(22-11-14-42(15-12-22)16-13-28(43)41(6)7)21(5)17-25(26)35-34-37-32-29-31(39-40-33(29)38-34)23-9-8-10-27(30(23)36-32)47(44,45)20(3)4/h8-10,17-20,22H,11-16H2,1-7H3,(H3,35,36,37,38,39,40). The van der Waals surface area contributed by atoms with Crippen molar-refractivity contribution in [1.82, 2.24) is 34.9 Å². The highest BCUT2D eigenvalue weighted by Crippen LogP contribution is 2.39. The quantitative estimate of drug-likeness (QED) is 0.161. The number of sulfone groups is 1. The number of rotatable bonds is 10. The highest BCUT2D eigenvalue weighted by molar-refractivity contribution is 7.92. The molecule has 1 aliphatic rings. The Morgan fingerprint density at radius 1 is 1.09 bits per heavy atom. The van der Waals surface area contributed by atoms with Crippen LogP contribution in [0.1, 0.15) is 64.0 Å². The number of ether oxygens (including phenoxy) is 1. The second-order valence-electron chi connectivity index (χ2n) is 13.3. The molecule has 1 amide bonds. The van der Waals surface area contributed by atoms with E-state index in [1.807, 2.05) is 19.9 Å².